The highest BCUT2D eigenvalue weighted by Gasteiger charge is 2.49. The van der Waals surface area contributed by atoms with Crippen LogP contribution < -0.4 is 5.73 Å². The average Bonchev–Trinajstić information content (AvgIpc) is 2.09. The summed E-state index contributed by atoms with van der Waals surface area (Å²) in [5, 5.41) is 9.17. The molecule has 1 saturated carbocycles. The second kappa shape index (κ2) is 4.40. The summed E-state index contributed by atoms with van der Waals surface area (Å²) in [7, 11) is 0. The Morgan fingerprint density at radius 3 is 2.41 bits per heavy atom. The smallest absolute Gasteiger partial charge is 0.408 e. The molecule has 1 aliphatic carbocycles. The summed E-state index contributed by atoms with van der Waals surface area (Å²) in [6.45, 7) is 5.04. The standard InChI is InChI=1S/C11H20F2N2O2/c1-10(2,3)15(9(16)17)7-5-4-6-11(12,13)8(7)14/h7-8H,4-6,14H2,1-3H3,(H,16,17)/t7-,8-/m1/s1. The summed E-state index contributed by atoms with van der Waals surface area (Å²) >= 11 is 0. The molecule has 0 aromatic rings. The Morgan fingerprint density at radius 2 is 2.00 bits per heavy atom. The van der Waals surface area contributed by atoms with Crippen molar-refractivity contribution in [1.29, 1.82) is 0 Å². The normalized spacial score (nSPS) is 28.8. The predicted molar refractivity (Wildman–Crippen MR) is 60.2 cm³/mol. The lowest BCUT2D eigenvalue weighted by molar-refractivity contribution is -0.0885. The van der Waals surface area contributed by atoms with E-state index in [4.69, 9.17) is 5.73 Å². The number of hydrogen-bond donors (Lipinski definition) is 2. The molecule has 0 heterocycles. The number of carbonyl (C=O) groups is 1. The molecule has 17 heavy (non-hydrogen) atoms. The van der Waals surface area contributed by atoms with Crippen LogP contribution in [0.3, 0.4) is 0 Å². The lowest BCUT2D eigenvalue weighted by atomic mass is 9.84. The van der Waals surface area contributed by atoms with Gasteiger partial charge in [0, 0.05) is 12.0 Å². The maximum Gasteiger partial charge on any atom is 0.408 e. The molecule has 0 aromatic heterocycles. The molecule has 2 atom stereocenters. The van der Waals surface area contributed by atoms with Crippen LogP contribution in [-0.4, -0.2) is 39.6 Å². The second-order valence-electron chi connectivity index (χ2n) is 5.57. The van der Waals surface area contributed by atoms with E-state index in [1.807, 2.05) is 0 Å². The molecule has 6 heteroatoms. The van der Waals surface area contributed by atoms with Crippen LogP contribution in [0.1, 0.15) is 40.0 Å². The van der Waals surface area contributed by atoms with Gasteiger partial charge in [0.05, 0.1) is 12.1 Å². The Balaban J connectivity index is 2.99. The zero-order chi connectivity index (χ0) is 13.4. The van der Waals surface area contributed by atoms with Crippen LogP contribution >= 0.6 is 0 Å². The molecular weight excluding hydrogens is 230 g/mol. The van der Waals surface area contributed by atoms with E-state index >= 15 is 0 Å². The molecule has 3 N–H and O–H groups in total. The van der Waals surface area contributed by atoms with Crippen molar-refractivity contribution >= 4 is 6.09 Å². The summed E-state index contributed by atoms with van der Waals surface area (Å²) in [6.07, 6.45) is -0.774. The van der Waals surface area contributed by atoms with E-state index in [1.165, 1.54) is 0 Å². The third kappa shape index (κ3) is 2.86. The average molecular weight is 250 g/mol. The molecule has 0 aromatic carbocycles. The van der Waals surface area contributed by atoms with Crippen LogP contribution in [0.5, 0.6) is 0 Å². The third-order valence-corrected chi connectivity index (χ3v) is 3.17. The van der Waals surface area contributed by atoms with Crippen LogP contribution in [0.2, 0.25) is 0 Å². The Hall–Kier alpha value is -0.910. The van der Waals surface area contributed by atoms with Crippen molar-refractivity contribution in [2.24, 2.45) is 5.73 Å². The van der Waals surface area contributed by atoms with Crippen LogP contribution in [0.15, 0.2) is 0 Å². The molecule has 1 amide bonds. The van der Waals surface area contributed by atoms with Crippen molar-refractivity contribution in [3.63, 3.8) is 0 Å². The van der Waals surface area contributed by atoms with Crippen molar-refractivity contribution in [3.8, 4) is 0 Å². The Kier molecular flexibility index (Phi) is 3.66. The Labute approximate surface area is 99.8 Å². The second-order valence-corrected chi connectivity index (χ2v) is 5.57. The molecule has 0 radical (unpaired) electrons. The first-order valence-electron chi connectivity index (χ1n) is 5.73. The fraction of sp³-hybridized carbons (Fsp3) is 0.909. The lowest BCUT2D eigenvalue weighted by Gasteiger charge is -2.46. The van der Waals surface area contributed by atoms with Gasteiger partial charge in [0.2, 0.25) is 0 Å². The first-order chi connectivity index (χ1) is 7.57. The first kappa shape index (κ1) is 14.2. The minimum atomic E-state index is -2.98. The quantitative estimate of drug-likeness (QED) is 0.750. The lowest BCUT2D eigenvalue weighted by Crippen LogP contribution is -2.63. The van der Waals surface area contributed by atoms with Crippen LogP contribution in [-0.2, 0) is 0 Å². The summed E-state index contributed by atoms with van der Waals surface area (Å²) in [4.78, 5) is 12.3. The van der Waals surface area contributed by atoms with Crippen molar-refractivity contribution in [3.05, 3.63) is 0 Å². The molecule has 100 valence electrons. The Bertz CT molecular complexity index is 302. The van der Waals surface area contributed by atoms with E-state index in [9.17, 15) is 18.7 Å². The summed E-state index contributed by atoms with van der Waals surface area (Å²) in [5.41, 5.74) is 4.80. The molecule has 1 fully saturated rings. The van der Waals surface area contributed by atoms with Crippen molar-refractivity contribution in [2.45, 2.75) is 63.6 Å². The van der Waals surface area contributed by atoms with Gasteiger partial charge in [-0.1, -0.05) is 0 Å². The number of amides is 1. The molecule has 4 nitrogen and oxygen atoms in total. The number of halogens is 2. The number of hydrogen-bond acceptors (Lipinski definition) is 2. The molecule has 1 rings (SSSR count). The zero-order valence-electron chi connectivity index (χ0n) is 10.4. The topological polar surface area (TPSA) is 66.6 Å². The van der Waals surface area contributed by atoms with E-state index < -0.39 is 29.6 Å². The monoisotopic (exact) mass is 250 g/mol. The summed E-state index contributed by atoms with van der Waals surface area (Å²) in [6, 6.07) is -2.25. The molecular formula is C11H20F2N2O2. The number of alkyl halides is 2. The highest BCUT2D eigenvalue weighted by atomic mass is 19.3. The van der Waals surface area contributed by atoms with Gasteiger partial charge in [-0.05, 0) is 33.6 Å². The molecule has 0 unspecified atom stereocenters. The van der Waals surface area contributed by atoms with Crippen LogP contribution in [0, 0.1) is 0 Å². The van der Waals surface area contributed by atoms with Crippen LogP contribution in [0.25, 0.3) is 0 Å². The van der Waals surface area contributed by atoms with Gasteiger partial charge in [0.15, 0.2) is 0 Å². The van der Waals surface area contributed by atoms with Gasteiger partial charge in [-0.2, -0.15) is 0 Å². The van der Waals surface area contributed by atoms with E-state index in [-0.39, 0.29) is 6.42 Å². The Morgan fingerprint density at radius 1 is 1.47 bits per heavy atom. The van der Waals surface area contributed by atoms with E-state index in [2.05, 4.69) is 0 Å². The number of nitrogens with zero attached hydrogens (tertiary/aromatic N) is 1. The van der Waals surface area contributed by atoms with Gasteiger partial charge in [-0.25, -0.2) is 13.6 Å². The van der Waals surface area contributed by atoms with Gasteiger partial charge in [-0.3, -0.25) is 4.90 Å². The van der Waals surface area contributed by atoms with E-state index in [0.29, 0.717) is 12.8 Å². The fourth-order valence-electron chi connectivity index (χ4n) is 2.39. The minimum absolute atomic E-state index is 0.262. The van der Waals surface area contributed by atoms with Crippen LogP contribution in [0.4, 0.5) is 13.6 Å². The first-order valence-corrected chi connectivity index (χ1v) is 5.73. The van der Waals surface area contributed by atoms with E-state index in [0.717, 1.165) is 4.90 Å². The summed E-state index contributed by atoms with van der Waals surface area (Å²) < 4.78 is 27.0. The highest BCUT2D eigenvalue weighted by Crippen LogP contribution is 2.36. The minimum Gasteiger partial charge on any atom is -0.465 e. The molecule has 0 aliphatic heterocycles. The zero-order valence-corrected chi connectivity index (χ0v) is 10.4. The third-order valence-electron chi connectivity index (χ3n) is 3.17. The SMILES string of the molecule is CC(C)(C)N(C(=O)O)[C@@H]1CCCC(F)(F)[C@@H]1N. The van der Waals surface area contributed by atoms with Crippen molar-refractivity contribution < 1.29 is 18.7 Å². The summed E-state index contributed by atoms with van der Waals surface area (Å²) in [5.74, 6) is -2.98. The van der Waals surface area contributed by atoms with Gasteiger partial charge in [0.1, 0.15) is 0 Å². The van der Waals surface area contributed by atoms with Gasteiger partial charge >= 0.3 is 6.09 Å². The molecule has 0 saturated heterocycles. The fourth-order valence-corrected chi connectivity index (χ4v) is 2.39. The number of carboxylic acid groups (broad SMARTS) is 1. The van der Waals surface area contributed by atoms with E-state index in [1.54, 1.807) is 20.8 Å². The largest absolute Gasteiger partial charge is 0.465 e. The number of rotatable bonds is 1. The van der Waals surface area contributed by atoms with Gasteiger partial charge < -0.3 is 10.8 Å². The maximum absolute atomic E-state index is 13.5. The molecule has 0 spiro atoms. The maximum atomic E-state index is 13.5. The van der Waals surface area contributed by atoms with Gasteiger partial charge in [-0.15, -0.1) is 0 Å². The van der Waals surface area contributed by atoms with Gasteiger partial charge in [0.25, 0.3) is 5.92 Å². The number of nitrogens with two attached hydrogens (primary N) is 1. The highest BCUT2D eigenvalue weighted by molar-refractivity contribution is 5.66. The van der Waals surface area contributed by atoms with Crippen molar-refractivity contribution in [1.82, 2.24) is 4.90 Å². The molecule has 0 bridgehead atoms. The predicted octanol–water partition coefficient (Wildman–Crippen LogP) is 2.28. The van der Waals surface area contributed by atoms with Crippen molar-refractivity contribution in [2.75, 3.05) is 0 Å². The molecule has 1 aliphatic rings.